The minimum absolute atomic E-state index is 0.153. The van der Waals surface area contributed by atoms with Crippen molar-refractivity contribution in [2.75, 3.05) is 50.7 Å². The maximum absolute atomic E-state index is 12.5. The lowest BCUT2D eigenvalue weighted by atomic mass is 10.1. The molecule has 0 aromatic carbocycles. The van der Waals surface area contributed by atoms with Crippen molar-refractivity contribution in [3.05, 3.63) is 23.4 Å². The predicted molar refractivity (Wildman–Crippen MR) is 110 cm³/mol. The zero-order valence-corrected chi connectivity index (χ0v) is 17.3. The molecule has 2 aliphatic rings. The van der Waals surface area contributed by atoms with Gasteiger partial charge in [-0.05, 0) is 44.4 Å². The molecule has 3 rings (SSSR count). The number of hydrogen-bond donors (Lipinski definition) is 2. The van der Waals surface area contributed by atoms with E-state index in [0.717, 1.165) is 38.3 Å². The third-order valence-electron chi connectivity index (χ3n) is 5.19. The molecule has 0 saturated carbocycles. The number of aliphatic imine (C=N–C) groups is 1. The van der Waals surface area contributed by atoms with Crippen molar-refractivity contribution in [1.29, 1.82) is 0 Å². The molecule has 0 spiro atoms. The van der Waals surface area contributed by atoms with Gasteiger partial charge in [0.05, 0.1) is 11.6 Å². The summed E-state index contributed by atoms with van der Waals surface area (Å²) in [4.78, 5) is 12.6. The maximum atomic E-state index is 12.5. The van der Waals surface area contributed by atoms with Crippen LogP contribution in [-0.2, 0) is 0 Å². The second kappa shape index (κ2) is 9.84. The summed E-state index contributed by atoms with van der Waals surface area (Å²) in [5.74, 6) is 1.65. The molecule has 2 fully saturated rings. The van der Waals surface area contributed by atoms with Gasteiger partial charge < -0.3 is 15.5 Å². The largest absolute Gasteiger partial charge is 0.401 e. The zero-order valence-electron chi connectivity index (χ0n) is 16.6. The summed E-state index contributed by atoms with van der Waals surface area (Å²) in [5.41, 5.74) is 0. The Kier molecular flexibility index (Phi) is 7.45. The maximum Gasteiger partial charge on any atom is 0.401 e. The molecule has 6 nitrogen and oxygen atoms in total. The standard InChI is InChI=1S/C19H28ClF3N6/c1-2-24-18(26-10-14-5-8-28(11-14)13-19(21,22)23)27-15-6-9-29(12-15)17-16(20)4-3-7-25-17/h3-4,7,14-15H,2,5-6,8-13H2,1H3,(H2,24,26,27). The molecule has 1 aromatic rings. The second-order valence-corrected chi connectivity index (χ2v) is 8.02. The topological polar surface area (TPSA) is 55.8 Å². The number of likely N-dealkylation sites (tertiary alicyclic amines) is 1. The highest BCUT2D eigenvalue weighted by Gasteiger charge is 2.34. The normalized spacial score (nSPS) is 23.6. The van der Waals surface area contributed by atoms with E-state index in [2.05, 4.69) is 25.5 Å². The Morgan fingerprint density at radius 1 is 1.31 bits per heavy atom. The van der Waals surface area contributed by atoms with E-state index < -0.39 is 12.7 Å². The third kappa shape index (κ3) is 6.64. The van der Waals surface area contributed by atoms with Crippen LogP contribution in [0.15, 0.2) is 23.3 Å². The Morgan fingerprint density at radius 2 is 2.14 bits per heavy atom. The van der Waals surface area contributed by atoms with E-state index in [-0.39, 0.29) is 12.0 Å². The number of alkyl halides is 3. The number of hydrogen-bond acceptors (Lipinski definition) is 4. The van der Waals surface area contributed by atoms with Crippen LogP contribution in [-0.4, -0.2) is 73.9 Å². The van der Waals surface area contributed by atoms with Crippen molar-refractivity contribution in [2.45, 2.75) is 32.0 Å². The molecule has 162 valence electrons. The molecule has 0 bridgehead atoms. The number of guanidine groups is 1. The van der Waals surface area contributed by atoms with Crippen LogP contribution in [0.4, 0.5) is 19.0 Å². The van der Waals surface area contributed by atoms with Gasteiger partial charge in [0.2, 0.25) is 0 Å². The highest BCUT2D eigenvalue weighted by Crippen LogP contribution is 2.26. The van der Waals surface area contributed by atoms with Gasteiger partial charge in [-0.1, -0.05) is 11.6 Å². The number of rotatable bonds is 6. The van der Waals surface area contributed by atoms with E-state index in [1.54, 1.807) is 6.20 Å². The van der Waals surface area contributed by atoms with E-state index in [9.17, 15) is 13.2 Å². The first kappa shape index (κ1) is 22.0. The van der Waals surface area contributed by atoms with Gasteiger partial charge in [0.25, 0.3) is 0 Å². The van der Waals surface area contributed by atoms with Crippen molar-refractivity contribution in [3.63, 3.8) is 0 Å². The number of nitrogens with one attached hydrogen (secondary N) is 2. The van der Waals surface area contributed by atoms with E-state index in [1.807, 2.05) is 19.1 Å². The van der Waals surface area contributed by atoms with Gasteiger partial charge in [-0.3, -0.25) is 9.89 Å². The van der Waals surface area contributed by atoms with Gasteiger partial charge in [-0.2, -0.15) is 13.2 Å². The van der Waals surface area contributed by atoms with E-state index in [0.29, 0.717) is 30.6 Å². The fraction of sp³-hybridized carbons (Fsp3) is 0.684. The van der Waals surface area contributed by atoms with Gasteiger partial charge in [0, 0.05) is 45.0 Å². The summed E-state index contributed by atoms with van der Waals surface area (Å²) in [6, 6.07) is 3.85. The molecule has 0 amide bonds. The molecule has 3 heterocycles. The minimum Gasteiger partial charge on any atom is -0.357 e. The lowest BCUT2D eigenvalue weighted by Gasteiger charge is -2.20. The molecule has 0 aliphatic carbocycles. The fourth-order valence-electron chi connectivity index (χ4n) is 3.87. The zero-order chi connectivity index (χ0) is 20.9. The molecular weight excluding hydrogens is 405 g/mol. The predicted octanol–water partition coefficient (Wildman–Crippen LogP) is 2.75. The average Bonchev–Trinajstić information content (AvgIpc) is 3.28. The number of pyridine rings is 1. The highest BCUT2D eigenvalue weighted by atomic mass is 35.5. The van der Waals surface area contributed by atoms with Crippen LogP contribution in [0.2, 0.25) is 5.02 Å². The Hall–Kier alpha value is -1.74. The van der Waals surface area contributed by atoms with Crippen molar-refractivity contribution < 1.29 is 13.2 Å². The summed E-state index contributed by atoms with van der Waals surface area (Å²) in [6.45, 7) is 4.94. The number of nitrogens with zero attached hydrogens (tertiary/aromatic N) is 4. The lowest BCUT2D eigenvalue weighted by molar-refractivity contribution is -0.143. The van der Waals surface area contributed by atoms with Crippen molar-refractivity contribution in [3.8, 4) is 0 Å². The molecule has 2 N–H and O–H groups in total. The summed E-state index contributed by atoms with van der Waals surface area (Å²) in [6.07, 6.45) is -0.731. The first-order valence-corrected chi connectivity index (χ1v) is 10.4. The molecule has 29 heavy (non-hydrogen) atoms. The van der Waals surface area contributed by atoms with Crippen molar-refractivity contribution >= 4 is 23.4 Å². The Balaban J connectivity index is 1.51. The molecule has 0 radical (unpaired) electrons. The average molecular weight is 433 g/mol. The van der Waals surface area contributed by atoms with Gasteiger partial charge in [0.15, 0.2) is 5.96 Å². The van der Waals surface area contributed by atoms with Crippen molar-refractivity contribution in [2.24, 2.45) is 10.9 Å². The van der Waals surface area contributed by atoms with Crippen molar-refractivity contribution in [1.82, 2.24) is 20.5 Å². The van der Waals surface area contributed by atoms with E-state index in [4.69, 9.17) is 11.6 Å². The van der Waals surface area contributed by atoms with Crippen LogP contribution in [0.3, 0.4) is 0 Å². The van der Waals surface area contributed by atoms with E-state index in [1.165, 1.54) is 4.90 Å². The molecule has 2 saturated heterocycles. The molecule has 2 aliphatic heterocycles. The molecular formula is C19H28ClF3N6. The smallest absolute Gasteiger partial charge is 0.357 e. The van der Waals surface area contributed by atoms with Crippen LogP contribution in [0.1, 0.15) is 19.8 Å². The summed E-state index contributed by atoms with van der Waals surface area (Å²) >= 11 is 6.25. The minimum atomic E-state index is -4.14. The molecule has 2 unspecified atom stereocenters. The third-order valence-corrected chi connectivity index (χ3v) is 5.49. The Labute approximate surface area is 174 Å². The van der Waals surface area contributed by atoms with Crippen LogP contribution in [0.25, 0.3) is 0 Å². The SMILES string of the molecule is CCNC(=NCC1CCN(CC(F)(F)F)C1)NC1CCN(c2ncccc2Cl)C1. The lowest BCUT2D eigenvalue weighted by Crippen LogP contribution is -2.45. The van der Waals surface area contributed by atoms with Crippen LogP contribution in [0.5, 0.6) is 0 Å². The Bertz CT molecular complexity index is 699. The number of halogens is 4. The van der Waals surface area contributed by atoms with Crippen LogP contribution in [0, 0.1) is 5.92 Å². The summed E-state index contributed by atoms with van der Waals surface area (Å²) in [7, 11) is 0. The molecule has 2 atom stereocenters. The van der Waals surface area contributed by atoms with Crippen LogP contribution < -0.4 is 15.5 Å². The second-order valence-electron chi connectivity index (χ2n) is 7.61. The monoisotopic (exact) mass is 432 g/mol. The van der Waals surface area contributed by atoms with E-state index >= 15 is 0 Å². The summed E-state index contributed by atoms with van der Waals surface area (Å²) < 4.78 is 37.6. The molecule has 1 aromatic heterocycles. The molecule has 10 heteroatoms. The number of aromatic nitrogens is 1. The first-order valence-electron chi connectivity index (χ1n) is 10.0. The summed E-state index contributed by atoms with van der Waals surface area (Å²) in [5, 5.41) is 7.31. The van der Waals surface area contributed by atoms with Gasteiger partial charge >= 0.3 is 6.18 Å². The fourth-order valence-corrected chi connectivity index (χ4v) is 4.11. The quantitative estimate of drug-likeness (QED) is 0.535. The van der Waals surface area contributed by atoms with Crippen LogP contribution >= 0.6 is 11.6 Å². The van der Waals surface area contributed by atoms with Gasteiger partial charge in [-0.25, -0.2) is 4.98 Å². The van der Waals surface area contributed by atoms with Gasteiger partial charge in [-0.15, -0.1) is 0 Å². The highest BCUT2D eigenvalue weighted by molar-refractivity contribution is 6.32. The van der Waals surface area contributed by atoms with Gasteiger partial charge in [0.1, 0.15) is 5.82 Å². The first-order chi connectivity index (χ1) is 13.8. The number of anilines is 1. The Morgan fingerprint density at radius 3 is 2.86 bits per heavy atom.